The molecule has 0 bridgehead atoms. The molecule has 7 heteroatoms. The fourth-order valence-electron chi connectivity index (χ4n) is 5.10. The number of aromatic nitrogens is 2. The van der Waals surface area contributed by atoms with E-state index in [0.717, 1.165) is 75.4 Å². The molecule has 0 atom stereocenters. The number of likely N-dealkylation sites (tertiary alicyclic amines) is 1. The number of carbonyl (C=O) groups is 1. The first-order chi connectivity index (χ1) is 15.1. The van der Waals surface area contributed by atoms with Gasteiger partial charge in [-0.2, -0.15) is 5.10 Å². The number of fused-ring (bicyclic) bond motifs is 2. The number of rotatable bonds is 5. The average Bonchev–Trinajstić information content (AvgIpc) is 3.38. The van der Waals surface area contributed by atoms with E-state index in [1.54, 1.807) is 0 Å². The summed E-state index contributed by atoms with van der Waals surface area (Å²) in [5, 5.41) is 7.47. The lowest BCUT2D eigenvalue weighted by atomic mass is 9.83. The molecular formula is C24H32N4O3. The summed E-state index contributed by atoms with van der Waals surface area (Å²) >= 11 is 0. The summed E-state index contributed by atoms with van der Waals surface area (Å²) < 4.78 is 13.9. The minimum Gasteiger partial charge on any atom is -0.493 e. The Morgan fingerprint density at radius 3 is 2.94 bits per heavy atom. The molecule has 31 heavy (non-hydrogen) atoms. The van der Waals surface area contributed by atoms with E-state index >= 15 is 0 Å². The van der Waals surface area contributed by atoms with Gasteiger partial charge in [0.05, 0.1) is 18.8 Å². The molecule has 2 aromatic rings. The standard InChI is InChI=1S/C24H32N4O3/c1-3-9-25-23(29)22-19-16-31-24(14-20(19)27(2)26-22)7-10-28(11-8-24)15-17-4-5-21-18(13-17)6-12-30-21/h4-5,13H,3,6-12,14-16H2,1-2H3,(H,25,29). The van der Waals surface area contributed by atoms with E-state index in [9.17, 15) is 4.79 Å². The van der Waals surface area contributed by atoms with E-state index < -0.39 is 0 Å². The van der Waals surface area contributed by atoms with Crippen LogP contribution in [0.1, 0.15) is 59.1 Å². The number of ether oxygens (including phenoxy) is 2. The molecule has 0 radical (unpaired) electrons. The van der Waals surface area contributed by atoms with Crippen LogP contribution in [0.25, 0.3) is 0 Å². The van der Waals surface area contributed by atoms with Crippen molar-refractivity contribution in [1.29, 1.82) is 0 Å². The Balaban J connectivity index is 1.23. The van der Waals surface area contributed by atoms with Crippen molar-refractivity contribution in [1.82, 2.24) is 20.0 Å². The smallest absolute Gasteiger partial charge is 0.272 e. The fraction of sp³-hybridized carbons (Fsp3) is 0.583. The molecule has 1 N–H and O–H groups in total. The van der Waals surface area contributed by atoms with Crippen molar-refractivity contribution in [3.05, 3.63) is 46.3 Å². The molecule has 3 aliphatic rings. The molecule has 1 aromatic heterocycles. The lowest BCUT2D eigenvalue weighted by Crippen LogP contribution is -2.49. The topological polar surface area (TPSA) is 68.6 Å². The zero-order chi connectivity index (χ0) is 21.4. The highest BCUT2D eigenvalue weighted by molar-refractivity contribution is 5.94. The van der Waals surface area contributed by atoms with Crippen LogP contribution in [-0.2, 0) is 37.8 Å². The molecule has 1 saturated heterocycles. The average molecular weight is 425 g/mol. The van der Waals surface area contributed by atoms with E-state index in [-0.39, 0.29) is 11.5 Å². The summed E-state index contributed by atoms with van der Waals surface area (Å²) in [5.74, 6) is 0.958. The minimum absolute atomic E-state index is 0.0900. The van der Waals surface area contributed by atoms with Crippen LogP contribution in [0.3, 0.4) is 0 Å². The normalized spacial score (nSPS) is 19.7. The Hall–Kier alpha value is -2.38. The molecule has 5 rings (SSSR count). The Bertz CT molecular complexity index is 975. The van der Waals surface area contributed by atoms with Gasteiger partial charge in [0.2, 0.25) is 0 Å². The molecule has 1 spiro atoms. The van der Waals surface area contributed by atoms with Crippen molar-refractivity contribution in [2.24, 2.45) is 7.05 Å². The van der Waals surface area contributed by atoms with Gasteiger partial charge in [0.15, 0.2) is 5.69 Å². The molecule has 7 nitrogen and oxygen atoms in total. The van der Waals surface area contributed by atoms with Gasteiger partial charge in [-0.25, -0.2) is 0 Å². The van der Waals surface area contributed by atoms with Gasteiger partial charge in [-0.05, 0) is 36.5 Å². The van der Waals surface area contributed by atoms with Crippen LogP contribution in [0.15, 0.2) is 18.2 Å². The highest BCUT2D eigenvalue weighted by Crippen LogP contribution is 2.37. The SMILES string of the molecule is CCCNC(=O)c1nn(C)c2c1COC1(CCN(Cc3ccc4c(c3)CCO4)CC1)C2. The Morgan fingerprint density at radius 1 is 1.29 bits per heavy atom. The second-order valence-electron chi connectivity index (χ2n) is 9.12. The van der Waals surface area contributed by atoms with E-state index in [2.05, 4.69) is 33.5 Å². The van der Waals surface area contributed by atoms with Crippen molar-refractivity contribution in [3.8, 4) is 5.75 Å². The zero-order valence-electron chi connectivity index (χ0n) is 18.6. The third-order valence-corrected chi connectivity index (χ3v) is 6.97. The number of carbonyl (C=O) groups excluding carboxylic acids is 1. The van der Waals surface area contributed by atoms with Crippen molar-refractivity contribution in [2.45, 2.75) is 57.8 Å². The van der Waals surface area contributed by atoms with Crippen LogP contribution in [0.4, 0.5) is 0 Å². The summed E-state index contributed by atoms with van der Waals surface area (Å²) in [5.41, 5.74) is 5.20. The summed E-state index contributed by atoms with van der Waals surface area (Å²) in [7, 11) is 1.95. The second kappa shape index (κ2) is 8.28. The van der Waals surface area contributed by atoms with Gasteiger partial charge >= 0.3 is 0 Å². The van der Waals surface area contributed by atoms with E-state index in [1.807, 2.05) is 18.7 Å². The van der Waals surface area contributed by atoms with Crippen LogP contribution in [0, 0.1) is 0 Å². The first kappa shape index (κ1) is 20.5. The number of piperidine rings is 1. The van der Waals surface area contributed by atoms with Crippen molar-refractivity contribution in [2.75, 3.05) is 26.2 Å². The Morgan fingerprint density at radius 2 is 2.13 bits per heavy atom. The quantitative estimate of drug-likeness (QED) is 0.799. The highest BCUT2D eigenvalue weighted by atomic mass is 16.5. The maximum atomic E-state index is 12.5. The molecule has 4 heterocycles. The van der Waals surface area contributed by atoms with Gasteiger partial charge in [-0.3, -0.25) is 14.4 Å². The number of benzene rings is 1. The van der Waals surface area contributed by atoms with Gasteiger partial charge in [0.25, 0.3) is 5.91 Å². The number of aryl methyl sites for hydroxylation is 1. The van der Waals surface area contributed by atoms with Crippen molar-refractivity contribution in [3.63, 3.8) is 0 Å². The predicted octanol–water partition coefficient (Wildman–Crippen LogP) is 2.60. The third kappa shape index (κ3) is 3.96. The maximum absolute atomic E-state index is 12.5. The van der Waals surface area contributed by atoms with Gasteiger partial charge in [0, 0.05) is 57.3 Å². The molecule has 1 amide bonds. The predicted molar refractivity (Wildman–Crippen MR) is 117 cm³/mol. The molecule has 166 valence electrons. The van der Waals surface area contributed by atoms with Crippen LogP contribution in [0.2, 0.25) is 0 Å². The number of nitrogens with zero attached hydrogens (tertiary/aromatic N) is 3. The number of hydrogen-bond donors (Lipinski definition) is 1. The molecule has 1 fully saturated rings. The highest BCUT2D eigenvalue weighted by Gasteiger charge is 2.41. The van der Waals surface area contributed by atoms with E-state index in [1.165, 1.54) is 11.1 Å². The lowest BCUT2D eigenvalue weighted by molar-refractivity contribution is -0.104. The summed E-state index contributed by atoms with van der Waals surface area (Å²) in [6.45, 7) is 7.01. The number of nitrogens with one attached hydrogen (secondary N) is 1. The first-order valence-corrected chi connectivity index (χ1v) is 11.5. The maximum Gasteiger partial charge on any atom is 0.272 e. The van der Waals surface area contributed by atoms with Crippen LogP contribution in [-0.4, -0.2) is 52.4 Å². The molecule has 0 unspecified atom stereocenters. The molecular weight excluding hydrogens is 392 g/mol. The Labute approximate surface area is 183 Å². The lowest BCUT2D eigenvalue weighted by Gasteiger charge is -2.44. The number of amides is 1. The number of hydrogen-bond acceptors (Lipinski definition) is 5. The molecule has 1 aromatic carbocycles. The van der Waals surface area contributed by atoms with Gasteiger partial charge in [-0.15, -0.1) is 0 Å². The summed E-state index contributed by atoms with van der Waals surface area (Å²) in [6, 6.07) is 6.61. The van der Waals surface area contributed by atoms with E-state index in [4.69, 9.17) is 9.47 Å². The monoisotopic (exact) mass is 424 g/mol. The zero-order valence-corrected chi connectivity index (χ0v) is 18.6. The first-order valence-electron chi connectivity index (χ1n) is 11.5. The summed E-state index contributed by atoms with van der Waals surface area (Å²) in [4.78, 5) is 15.0. The van der Waals surface area contributed by atoms with Crippen LogP contribution < -0.4 is 10.1 Å². The van der Waals surface area contributed by atoms with Crippen LogP contribution >= 0.6 is 0 Å². The third-order valence-electron chi connectivity index (χ3n) is 6.97. The minimum atomic E-state index is -0.139. The van der Waals surface area contributed by atoms with Gasteiger partial charge in [-0.1, -0.05) is 19.1 Å². The largest absolute Gasteiger partial charge is 0.493 e. The van der Waals surface area contributed by atoms with Crippen LogP contribution in [0.5, 0.6) is 5.75 Å². The van der Waals surface area contributed by atoms with Crippen molar-refractivity contribution < 1.29 is 14.3 Å². The fourth-order valence-corrected chi connectivity index (χ4v) is 5.10. The molecule has 0 saturated carbocycles. The van der Waals surface area contributed by atoms with E-state index in [0.29, 0.717) is 18.8 Å². The van der Waals surface area contributed by atoms with Gasteiger partial charge in [0.1, 0.15) is 5.75 Å². The molecule has 3 aliphatic heterocycles. The second-order valence-corrected chi connectivity index (χ2v) is 9.12. The van der Waals surface area contributed by atoms with Gasteiger partial charge < -0.3 is 14.8 Å². The molecule has 0 aliphatic carbocycles. The van der Waals surface area contributed by atoms with Crippen molar-refractivity contribution >= 4 is 5.91 Å². The summed E-state index contributed by atoms with van der Waals surface area (Å²) in [6.07, 6.45) is 4.77. The Kier molecular flexibility index (Phi) is 5.48.